The largest absolute Gasteiger partial charge is 0.368 e. The van der Waals surface area contributed by atoms with E-state index in [1.54, 1.807) is 0 Å². The Labute approximate surface area is 130 Å². The van der Waals surface area contributed by atoms with Gasteiger partial charge in [0.2, 0.25) is 0 Å². The zero-order chi connectivity index (χ0) is 14.7. The van der Waals surface area contributed by atoms with E-state index in [1.807, 2.05) is 49.5 Å². The molecule has 2 aromatic carbocycles. The van der Waals surface area contributed by atoms with E-state index in [-0.39, 0.29) is 6.04 Å². The Bertz CT molecular complexity index is 599. The molecule has 0 aliphatic carbocycles. The second-order valence-corrected chi connectivity index (χ2v) is 5.60. The highest BCUT2D eigenvalue weighted by atomic mass is 35.5. The molecular formula is C16H18Cl2N2. The van der Waals surface area contributed by atoms with Crippen molar-refractivity contribution < 1.29 is 0 Å². The molecule has 20 heavy (non-hydrogen) atoms. The van der Waals surface area contributed by atoms with Gasteiger partial charge in [-0.1, -0.05) is 47.5 Å². The highest BCUT2D eigenvalue weighted by Gasteiger charge is 2.15. The van der Waals surface area contributed by atoms with Crippen LogP contribution in [0.15, 0.2) is 42.5 Å². The van der Waals surface area contributed by atoms with E-state index in [1.165, 1.54) is 0 Å². The van der Waals surface area contributed by atoms with E-state index in [0.717, 1.165) is 21.8 Å². The van der Waals surface area contributed by atoms with Crippen LogP contribution >= 0.6 is 23.2 Å². The smallest absolute Gasteiger partial charge is 0.0525 e. The quantitative estimate of drug-likeness (QED) is 0.891. The molecule has 0 saturated heterocycles. The van der Waals surface area contributed by atoms with Gasteiger partial charge in [0.15, 0.2) is 0 Å². The molecule has 0 spiro atoms. The molecule has 0 saturated carbocycles. The monoisotopic (exact) mass is 308 g/mol. The number of benzene rings is 2. The summed E-state index contributed by atoms with van der Waals surface area (Å²) in [5.41, 5.74) is 8.72. The molecule has 0 fully saturated rings. The highest BCUT2D eigenvalue weighted by Crippen LogP contribution is 2.31. The van der Waals surface area contributed by atoms with Gasteiger partial charge in [-0.3, -0.25) is 0 Å². The van der Waals surface area contributed by atoms with E-state index in [4.69, 9.17) is 28.9 Å². The Morgan fingerprint density at radius 1 is 1.10 bits per heavy atom. The molecular weight excluding hydrogens is 291 g/mol. The highest BCUT2D eigenvalue weighted by molar-refractivity contribution is 6.32. The van der Waals surface area contributed by atoms with E-state index < -0.39 is 0 Å². The van der Waals surface area contributed by atoms with Gasteiger partial charge in [0.05, 0.1) is 6.04 Å². The maximum absolute atomic E-state index is 6.26. The summed E-state index contributed by atoms with van der Waals surface area (Å²) in [6, 6.07) is 14.0. The van der Waals surface area contributed by atoms with Gasteiger partial charge in [-0.15, -0.1) is 0 Å². The van der Waals surface area contributed by atoms with E-state index in [2.05, 4.69) is 11.8 Å². The van der Waals surface area contributed by atoms with Gasteiger partial charge in [0.25, 0.3) is 0 Å². The van der Waals surface area contributed by atoms with E-state index in [9.17, 15) is 0 Å². The maximum Gasteiger partial charge on any atom is 0.0525 e. The molecule has 2 aromatic rings. The van der Waals surface area contributed by atoms with Crippen LogP contribution in [-0.2, 0) is 6.54 Å². The van der Waals surface area contributed by atoms with Crippen molar-refractivity contribution in [2.45, 2.75) is 19.5 Å². The summed E-state index contributed by atoms with van der Waals surface area (Å²) in [5.74, 6) is 0. The van der Waals surface area contributed by atoms with Crippen molar-refractivity contribution in [3.05, 3.63) is 63.6 Å². The minimum atomic E-state index is 0.156. The Kier molecular flexibility index (Phi) is 4.92. The second kappa shape index (κ2) is 6.49. The molecule has 0 heterocycles. The molecule has 2 nitrogen and oxygen atoms in total. The number of halogens is 2. The van der Waals surface area contributed by atoms with Gasteiger partial charge in [-0.25, -0.2) is 0 Å². The summed E-state index contributed by atoms with van der Waals surface area (Å²) in [4.78, 5) is 2.15. The molecule has 1 atom stereocenters. The maximum atomic E-state index is 6.26. The lowest BCUT2D eigenvalue weighted by molar-refractivity contribution is 0.740. The lowest BCUT2D eigenvalue weighted by atomic mass is 10.1. The average molecular weight is 309 g/mol. The van der Waals surface area contributed by atoms with Crippen LogP contribution in [0.1, 0.15) is 24.1 Å². The van der Waals surface area contributed by atoms with Crippen molar-refractivity contribution >= 4 is 28.9 Å². The topological polar surface area (TPSA) is 29.3 Å². The lowest BCUT2D eigenvalue weighted by Gasteiger charge is -2.28. The van der Waals surface area contributed by atoms with Gasteiger partial charge in [-0.2, -0.15) is 0 Å². The number of anilines is 1. The van der Waals surface area contributed by atoms with Crippen LogP contribution in [-0.4, -0.2) is 7.05 Å². The Balaban J connectivity index is 2.29. The molecule has 0 aromatic heterocycles. The molecule has 1 unspecified atom stereocenters. The number of hydrogen-bond acceptors (Lipinski definition) is 2. The van der Waals surface area contributed by atoms with Crippen LogP contribution in [0.5, 0.6) is 0 Å². The zero-order valence-corrected chi connectivity index (χ0v) is 13.1. The molecule has 0 bridgehead atoms. The van der Waals surface area contributed by atoms with Crippen molar-refractivity contribution in [3.63, 3.8) is 0 Å². The van der Waals surface area contributed by atoms with Gasteiger partial charge in [0, 0.05) is 29.3 Å². The van der Waals surface area contributed by atoms with Gasteiger partial charge in [-0.05, 0) is 36.2 Å². The van der Waals surface area contributed by atoms with Crippen molar-refractivity contribution in [3.8, 4) is 0 Å². The third-order valence-electron chi connectivity index (χ3n) is 3.60. The molecule has 0 amide bonds. The average Bonchev–Trinajstić information content (AvgIpc) is 2.46. The molecule has 0 radical (unpaired) electrons. The summed E-state index contributed by atoms with van der Waals surface area (Å²) in [7, 11) is 2.03. The summed E-state index contributed by atoms with van der Waals surface area (Å²) in [6.07, 6.45) is 0. The van der Waals surface area contributed by atoms with Crippen molar-refractivity contribution in [2.24, 2.45) is 5.73 Å². The summed E-state index contributed by atoms with van der Waals surface area (Å²) < 4.78 is 0. The first kappa shape index (κ1) is 15.2. The Hall–Kier alpha value is -1.22. The van der Waals surface area contributed by atoms with Crippen LogP contribution in [0.3, 0.4) is 0 Å². The zero-order valence-electron chi connectivity index (χ0n) is 11.6. The third-order valence-corrected chi connectivity index (χ3v) is 4.30. The fourth-order valence-electron chi connectivity index (χ4n) is 2.17. The summed E-state index contributed by atoms with van der Waals surface area (Å²) in [5, 5.41) is 1.47. The number of nitrogens with zero attached hydrogens (tertiary/aromatic N) is 1. The number of rotatable bonds is 4. The minimum absolute atomic E-state index is 0.156. The predicted octanol–water partition coefficient (Wildman–Crippen LogP) is 4.65. The fraction of sp³-hybridized carbons (Fsp3) is 0.250. The minimum Gasteiger partial charge on any atom is -0.368 e. The van der Waals surface area contributed by atoms with Crippen molar-refractivity contribution in [1.29, 1.82) is 0 Å². The normalized spacial score (nSPS) is 12.2. The molecule has 0 aliphatic rings. The summed E-state index contributed by atoms with van der Waals surface area (Å²) >= 11 is 12.5. The van der Waals surface area contributed by atoms with Crippen LogP contribution in [0, 0.1) is 0 Å². The first-order valence-electron chi connectivity index (χ1n) is 6.50. The first-order chi connectivity index (χ1) is 9.54. The van der Waals surface area contributed by atoms with E-state index in [0.29, 0.717) is 11.6 Å². The standard InChI is InChI=1S/C16H18Cl2N2/c1-11(14-5-3-4-6-15(14)17)20(2)13-8-7-12(10-19)16(18)9-13/h3-9,11H,10,19H2,1-2H3. The second-order valence-electron chi connectivity index (χ2n) is 4.79. The first-order valence-corrected chi connectivity index (χ1v) is 7.26. The fourth-order valence-corrected chi connectivity index (χ4v) is 2.71. The Morgan fingerprint density at radius 2 is 1.80 bits per heavy atom. The van der Waals surface area contributed by atoms with E-state index >= 15 is 0 Å². The molecule has 4 heteroatoms. The SMILES string of the molecule is CC(c1ccccc1Cl)N(C)c1ccc(CN)c(Cl)c1. The predicted molar refractivity (Wildman–Crippen MR) is 87.6 cm³/mol. The number of hydrogen-bond donors (Lipinski definition) is 1. The summed E-state index contributed by atoms with van der Waals surface area (Å²) in [6.45, 7) is 2.56. The molecule has 0 aliphatic heterocycles. The third kappa shape index (κ3) is 3.09. The molecule has 106 valence electrons. The molecule has 2 N–H and O–H groups in total. The molecule has 2 rings (SSSR count). The lowest BCUT2D eigenvalue weighted by Crippen LogP contribution is -2.22. The number of nitrogens with two attached hydrogens (primary N) is 1. The van der Waals surface area contributed by atoms with Crippen LogP contribution in [0.2, 0.25) is 10.0 Å². The van der Waals surface area contributed by atoms with Crippen LogP contribution in [0.4, 0.5) is 5.69 Å². The van der Waals surface area contributed by atoms with Crippen LogP contribution < -0.4 is 10.6 Å². The van der Waals surface area contributed by atoms with Crippen molar-refractivity contribution in [1.82, 2.24) is 0 Å². The Morgan fingerprint density at radius 3 is 2.40 bits per heavy atom. The van der Waals surface area contributed by atoms with Crippen LogP contribution in [0.25, 0.3) is 0 Å². The van der Waals surface area contributed by atoms with Crippen molar-refractivity contribution in [2.75, 3.05) is 11.9 Å². The van der Waals surface area contributed by atoms with Gasteiger partial charge >= 0.3 is 0 Å². The van der Waals surface area contributed by atoms with Gasteiger partial charge < -0.3 is 10.6 Å². The van der Waals surface area contributed by atoms with Gasteiger partial charge in [0.1, 0.15) is 0 Å².